The third-order valence-corrected chi connectivity index (χ3v) is 2.89. The quantitative estimate of drug-likeness (QED) is 0.912. The van der Waals surface area contributed by atoms with Gasteiger partial charge < -0.3 is 10.5 Å². The molecule has 2 N–H and O–H groups in total. The van der Waals surface area contributed by atoms with Crippen LogP contribution in [0.5, 0.6) is 11.5 Å². The Morgan fingerprint density at radius 3 is 2.45 bits per heavy atom. The lowest BCUT2D eigenvalue weighted by Crippen LogP contribution is -2.05. The topological polar surface area (TPSA) is 35.2 Å². The molecule has 0 saturated carbocycles. The predicted octanol–water partition coefficient (Wildman–Crippen LogP) is 4.26. The molecule has 0 aliphatic rings. The monoisotopic (exact) mass is 281 g/mol. The first-order valence-corrected chi connectivity index (χ1v) is 6.05. The van der Waals surface area contributed by atoms with Gasteiger partial charge in [-0.05, 0) is 30.7 Å². The summed E-state index contributed by atoms with van der Waals surface area (Å²) in [6.07, 6.45) is -4.39. The molecular weight excluding hydrogens is 267 g/mol. The molecule has 2 aromatic carbocycles. The Hall–Kier alpha value is -2.01. The standard InChI is InChI=1S/C15H14F3NO/c1-10-4-2-5-11(9-19)14(10)20-13-7-3-6-12(8-13)15(16,17)18/h2-8H,9,19H2,1H3. The summed E-state index contributed by atoms with van der Waals surface area (Å²) in [5.41, 5.74) is 6.45. The van der Waals surface area contributed by atoms with Crippen LogP contribution in [-0.4, -0.2) is 0 Å². The molecule has 0 heterocycles. The molecule has 2 nitrogen and oxygen atoms in total. The van der Waals surface area contributed by atoms with E-state index >= 15 is 0 Å². The van der Waals surface area contributed by atoms with Gasteiger partial charge in [-0.25, -0.2) is 0 Å². The number of para-hydroxylation sites is 1. The van der Waals surface area contributed by atoms with Gasteiger partial charge in [0, 0.05) is 12.1 Å². The molecule has 0 amide bonds. The van der Waals surface area contributed by atoms with Gasteiger partial charge in [0.05, 0.1) is 5.56 Å². The van der Waals surface area contributed by atoms with Crippen molar-refractivity contribution in [2.24, 2.45) is 5.73 Å². The Morgan fingerprint density at radius 2 is 1.80 bits per heavy atom. The molecule has 0 aromatic heterocycles. The maximum atomic E-state index is 12.7. The number of aryl methyl sites for hydroxylation is 1. The molecular formula is C15H14F3NO. The first-order chi connectivity index (χ1) is 9.41. The fraction of sp³-hybridized carbons (Fsp3) is 0.200. The Labute approximate surface area is 115 Å². The van der Waals surface area contributed by atoms with E-state index < -0.39 is 11.7 Å². The third kappa shape index (κ3) is 3.11. The lowest BCUT2D eigenvalue weighted by molar-refractivity contribution is -0.137. The van der Waals surface area contributed by atoms with Crippen molar-refractivity contribution in [1.82, 2.24) is 0 Å². The molecule has 0 fully saturated rings. The van der Waals surface area contributed by atoms with Gasteiger partial charge in [0.2, 0.25) is 0 Å². The van der Waals surface area contributed by atoms with Gasteiger partial charge in [-0.2, -0.15) is 13.2 Å². The summed E-state index contributed by atoms with van der Waals surface area (Å²) in [5, 5.41) is 0. The van der Waals surface area contributed by atoms with Crippen molar-refractivity contribution >= 4 is 0 Å². The van der Waals surface area contributed by atoms with Gasteiger partial charge in [0.1, 0.15) is 11.5 Å². The summed E-state index contributed by atoms with van der Waals surface area (Å²) in [7, 11) is 0. The van der Waals surface area contributed by atoms with Crippen molar-refractivity contribution < 1.29 is 17.9 Å². The Balaban J connectivity index is 2.36. The smallest absolute Gasteiger partial charge is 0.416 e. The lowest BCUT2D eigenvalue weighted by Gasteiger charge is -2.14. The minimum absolute atomic E-state index is 0.142. The van der Waals surface area contributed by atoms with Crippen LogP contribution in [0.4, 0.5) is 13.2 Å². The molecule has 0 spiro atoms. The third-order valence-electron chi connectivity index (χ3n) is 2.89. The van der Waals surface area contributed by atoms with E-state index in [2.05, 4.69) is 0 Å². The van der Waals surface area contributed by atoms with E-state index in [4.69, 9.17) is 10.5 Å². The summed E-state index contributed by atoms with van der Waals surface area (Å²) in [6.45, 7) is 2.08. The fourth-order valence-electron chi connectivity index (χ4n) is 1.87. The highest BCUT2D eigenvalue weighted by Gasteiger charge is 2.30. The molecule has 2 rings (SSSR count). The fourth-order valence-corrected chi connectivity index (χ4v) is 1.87. The molecule has 106 valence electrons. The molecule has 0 radical (unpaired) electrons. The molecule has 0 aliphatic carbocycles. The van der Waals surface area contributed by atoms with E-state index in [1.165, 1.54) is 12.1 Å². The van der Waals surface area contributed by atoms with Crippen LogP contribution in [0.1, 0.15) is 16.7 Å². The highest BCUT2D eigenvalue weighted by Crippen LogP contribution is 2.34. The van der Waals surface area contributed by atoms with Crippen LogP contribution in [0, 0.1) is 6.92 Å². The van der Waals surface area contributed by atoms with Crippen LogP contribution in [0.2, 0.25) is 0 Å². The summed E-state index contributed by atoms with van der Waals surface area (Å²) in [6, 6.07) is 10.2. The molecule has 20 heavy (non-hydrogen) atoms. The van der Waals surface area contributed by atoms with E-state index in [0.29, 0.717) is 5.75 Å². The highest BCUT2D eigenvalue weighted by molar-refractivity contribution is 5.44. The van der Waals surface area contributed by atoms with Gasteiger partial charge in [0.15, 0.2) is 0 Å². The van der Waals surface area contributed by atoms with Crippen molar-refractivity contribution in [3.63, 3.8) is 0 Å². The number of rotatable bonds is 3. The van der Waals surface area contributed by atoms with Crippen LogP contribution < -0.4 is 10.5 Å². The normalized spacial score (nSPS) is 11.4. The van der Waals surface area contributed by atoms with Gasteiger partial charge in [-0.1, -0.05) is 24.3 Å². The number of benzene rings is 2. The first-order valence-electron chi connectivity index (χ1n) is 6.05. The number of ether oxygens (including phenoxy) is 1. The number of halogens is 3. The molecule has 0 unspecified atom stereocenters. The number of alkyl halides is 3. The Bertz CT molecular complexity index is 608. The highest BCUT2D eigenvalue weighted by atomic mass is 19.4. The zero-order chi connectivity index (χ0) is 14.8. The molecule has 5 heteroatoms. The van der Waals surface area contributed by atoms with Crippen LogP contribution >= 0.6 is 0 Å². The summed E-state index contributed by atoms with van der Waals surface area (Å²) in [4.78, 5) is 0. The van der Waals surface area contributed by atoms with Gasteiger partial charge >= 0.3 is 6.18 Å². The summed E-state index contributed by atoms with van der Waals surface area (Å²) < 4.78 is 43.6. The second-order valence-electron chi connectivity index (χ2n) is 4.39. The van der Waals surface area contributed by atoms with Crippen LogP contribution in [0.3, 0.4) is 0 Å². The zero-order valence-corrected chi connectivity index (χ0v) is 10.9. The maximum absolute atomic E-state index is 12.7. The number of hydrogen-bond donors (Lipinski definition) is 1. The van der Waals surface area contributed by atoms with E-state index in [-0.39, 0.29) is 12.3 Å². The molecule has 0 saturated heterocycles. The van der Waals surface area contributed by atoms with Crippen molar-refractivity contribution in [1.29, 1.82) is 0 Å². The van der Waals surface area contributed by atoms with Crippen LogP contribution in [0.25, 0.3) is 0 Å². The van der Waals surface area contributed by atoms with Gasteiger partial charge in [-0.15, -0.1) is 0 Å². The summed E-state index contributed by atoms with van der Waals surface area (Å²) in [5.74, 6) is 0.651. The SMILES string of the molecule is Cc1cccc(CN)c1Oc1cccc(C(F)(F)F)c1. The van der Waals surface area contributed by atoms with Crippen molar-refractivity contribution in [2.75, 3.05) is 0 Å². The number of hydrogen-bond acceptors (Lipinski definition) is 2. The maximum Gasteiger partial charge on any atom is 0.416 e. The average Bonchev–Trinajstić information content (AvgIpc) is 2.40. The van der Waals surface area contributed by atoms with Crippen molar-refractivity contribution in [3.05, 3.63) is 59.2 Å². The first kappa shape index (κ1) is 14.4. The lowest BCUT2D eigenvalue weighted by atomic mass is 10.1. The molecule has 0 aliphatic heterocycles. The largest absolute Gasteiger partial charge is 0.457 e. The second-order valence-corrected chi connectivity index (χ2v) is 4.39. The zero-order valence-electron chi connectivity index (χ0n) is 10.9. The van der Waals surface area contributed by atoms with Crippen molar-refractivity contribution in [3.8, 4) is 11.5 Å². The van der Waals surface area contributed by atoms with Crippen LogP contribution in [-0.2, 0) is 12.7 Å². The van der Waals surface area contributed by atoms with E-state index in [0.717, 1.165) is 23.3 Å². The molecule has 2 aromatic rings. The Kier molecular flexibility index (Phi) is 3.99. The minimum atomic E-state index is -4.39. The van der Waals surface area contributed by atoms with Crippen LogP contribution in [0.15, 0.2) is 42.5 Å². The van der Waals surface area contributed by atoms with Gasteiger partial charge in [0.25, 0.3) is 0 Å². The predicted molar refractivity (Wildman–Crippen MR) is 70.6 cm³/mol. The second kappa shape index (κ2) is 5.54. The minimum Gasteiger partial charge on any atom is -0.457 e. The Morgan fingerprint density at radius 1 is 1.10 bits per heavy atom. The summed E-state index contributed by atoms with van der Waals surface area (Å²) >= 11 is 0. The van der Waals surface area contributed by atoms with E-state index in [1.807, 2.05) is 19.1 Å². The van der Waals surface area contributed by atoms with E-state index in [1.54, 1.807) is 6.07 Å². The van der Waals surface area contributed by atoms with Gasteiger partial charge in [-0.3, -0.25) is 0 Å². The average molecular weight is 281 g/mol. The molecule has 0 bridgehead atoms. The molecule has 0 atom stereocenters. The van der Waals surface area contributed by atoms with E-state index in [9.17, 15) is 13.2 Å². The number of nitrogens with two attached hydrogens (primary N) is 1. The van der Waals surface area contributed by atoms with Crippen molar-refractivity contribution in [2.45, 2.75) is 19.6 Å².